The highest BCUT2D eigenvalue weighted by atomic mass is 19.1. The molecule has 3 N–H and O–H groups in total. The van der Waals surface area contributed by atoms with Crippen molar-refractivity contribution in [3.8, 4) is 0 Å². The topological polar surface area (TPSA) is 53.2 Å². The fourth-order valence-electron chi connectivity index (χ4n) is 2.17. The van der Waals surface area contributed by atoms with E-state index in [2.05, 4.69) is 16.0 Å². The van der Waals surface area contributed by atoms with Crippen LogP contribution in [0, 0.1) is 11.7 Å². The molecule has 104 valence electrons. The van der Waals surface area contributed by atoms with E-state index < -0.39 is 0 Å². The standard InChI is InChI=1S/C14H20FN3O/c1-9(2)17-13-7-11(15)3-4-12(13)18-14(19)10-5-6-16-8-10/h3-4,7,9-10,16-17H,5-6,8H2,1-2H3,(H,18,19). The quantitative estimate of drug-likeness (QED) is 0.782. The van der Waals surface area contributed by atoms with Gasteiger partial charge in [-0.3, -0.25) is 4.79 Å². The van der Waals surface area contributed by atoms with E-state index in [4.69, 9.17) is 0 Å². The molecule has 1 fully saturated rings. The van der Waals surface area contributed by atoms with Crippen LogP contribution in [0.5, 0.6) is 0 Å². The highest BCUT2D eigenvalue weighted by molar-refractivity contribution is 5.96. The van der Waals surface area contributed by atoms with Gasteiger partial charge in [0.1, 0.15) is 5.82 Å². The minimum Gasteiger partial charge on any atom is -0.381 e. The van der Waals surface area contributed by atoms with Crippen LogP contribution < -0.4 is 16.0 Å². The summed E-state index contributed by atoms with van der Waals surface area (Å²) in [5.41, 5.74) is 1.25. The zero-order chi connectivity index (χ0) is 13.8. The molecule has 1 heterocycles. The molecule has 0 aliphatic carbocycles. The van der Waals surface area contributed by atoms with Crippen LogP contribution in [0.25, 0.3) is 0 Å². The molecule has 0 spiro atoms. The van der Waals surface area contributed by atoms with Gasteiger partial charge < -0.3 is 16.0 Å². The predicted molar refractivity (Wildman–Crippen MR) is 74.8 cm³/mol. The molecule has 1 aliphatic heterocycles. The largest absolute Gasteiger partial charge is 0.381 e. The van der Waals surface area contributed by atoms with Gasteiger partial charge in [-0.2, -0.15) is 0 Å². The predicted octanol–water partition coefficient (Wildman–Crippen LogP) is 2.19. The van der Waals surface area contributed by atoms with Crippen LogP contribution >= 0.6 is 0 Å². The van der Waals surface area contributed by atoms with Gasteiger partial charge in [0, 0.05) is 12.6 Å². The molecule has 0 radical (unpaired) electrons. The van der Waals surface area contributed by atoms with E-state index in [1.165, 1.54) is 12.1 Å². The molecule has 1 aromatic carbocycles. The molecule has 1 unspecified atom stereocenters. The third-order valence-corrected chi connectivity index (χ3v) is 3.11. The lowest BCUT2D eigenvalue weighted by Gasteiger charge is -2.17. The van der Waals surface area contributed by atoms with Crippen LogP contribution in [0.15, 0.2) is 18.2 Å². The summed E-state index contributed by atoms with van der Waals surface area (Å²) in [5, 5.41) is 9.18. The number of benzene rings is 1. The van der Waals surface area contributed by atoms with Crippen molar-refractivity contribution in [2.75, 3.05) is 23.7 Å². The van der Waals surface area contributed by atoms with Gasteiger partial charge in [0.05, 0.1) is 17.3 Å². The van der Waals surface area contributed by atoms with E-state index in [0.29, 0.717) is 17.9 Å². The van der Waals surface area contributed by atoms with Gasteiger partial charge in [-0.1, -0.05) is 0 Å². The summed E-state index contributed by atoms with van der Waals surface area (Å²) < 4.78 is 13.3. The number of carbonyl (C=O) groups is 1. The van der Waals surface area contributed by atoms with Crippen LogP contribution in [0.4, 0.5) is 15.8 Å². The molecule has 1 atom stereocenters. The lowest BCUT2D eigenvalue weighted by Crippen LogP contribution is -2.25. The fraction of sp³-hybridized carbons (Fsp3) is 0.500. The minimum absolute atomic E-state index is 0.00282. The Kier molecular flexibility index (Phi) is 4.37. The third-order valence-electron chi connectivity index (χ3n) is 3.11. The highest BCUT2D eigenvalue weighted by Gasteiger charge is 2.23. The van der Waals surface area contributed by atoms with Gasteiger partial charge >= 0.3 is 0 Å². The van der Waals surface area contributed by atoms with Gasteiger partial charge in [0.25, 0.3) is 0 Å². The molecular weight excluding hydrogens is 245 g/mol. The number of hydrogen-bond donors (Lipinski definition) is 3. The van der Waals surface area contributed by atoms with Crippen molar-refractivity contribution in [2.45, 2.75) is 26.3 Å². The van der Waals surface area contributed by atoms with Crippen LogP contribution in [0.1, 0.15) is 20.3 Å². The first-order valence-electron chi connectivity index (χ1n) is 6.64. The summed E-state index contributed by atoms with van der Waals surface area (Å²) in [4.78, 5) is 12.1. The van der Waals surface area contributed by atoms with Gasteiger partial charge in [0.2, 0.25) is 5.91 Å². The van der Waals surface area contributed by atoms with Crippen LogP contribution in [0.2, 0.25) is 0 Å². The molecule has 2 rings (SSSR count). The van der Waals surface area contributed by atoms with E-state index in [1.807, 2.05) is 13.8 Å². The van der Waals surface area contributed by atoms with Gasteiger partial charge in [-0.05, 0) is 45.0 Å². The molecule has 1 saturated heterocycles. The van der Waals surface area contributed by atoms with Crippen molar-refractivity contribution >= 4 is 17.3 Å². The Balaban J connectivity index is 2.11. The van der Waals surface area contributed by atoms with Crippen molar-refractivity contribution in [1.82, 2.24) is 5.32 Å². The van der Waals surface area contributed by atoms with E-state index in [1.54, 1.807) is 6.07 Å². The lowest BCUT2D eigenvalue weighted by molar-refractivity contribution is -0.119. The third kappa shape index (κ3) is 3.67. The van der Waals surface area contributed by atoms with Crippen LogP contribution in [-0.4, -0.2) is 25.0 Å². The average molecular weight is 265 g/mol. The molecule has 5 heteroatoms. The zero-order valence-electron chi connectivity index (χ0n) is 11.3. The smallest absolute Gasteiger partial charge is 0.228 e. The molecule has 19 heavy (non-hydrogen) atoms. The molecule has 0 saturated carbocycles. The number of nitrogens with one attached hydrogen (secondary N) is 3. The lowest BCUT2D eigenvalue weighted by atomic mass is 10.1. The van der Waals surface area contributed by atoms with Crippen molar-refractivity contribution in [2.24, 2.45) is 5.92 Å². The Bertz CT molecular complexity index is 456. The second kappa shape index (κ2) is 6.02. The maximum atomic E-state index is 13.3. The normalized spacial score (nSPS) is 18.6. The maximum Gasteiger partial charge on any atom is 0.228 e. The summed E-state index contributed by atoms with van der Waals surface area (Å²) in [5.74, 6) is -0.330. The Morgan fingerprint density at radius 3 is 2.84 bits per heavy atom. The molecule has 0 aromatic heterocycles. The summed E-state index contributed by atoms with van der Waals surface area (Å²) >= 11 is 0. The number of carbonyl (C=O) groups excluding carboxylic acids is 1. The summed E-state index contributed by atoms with van der Waals surface area (Å²) in [6.07, 6.45) is 0.847. The van der Waals surface area contributed by atoms with Gasteiger partial charge in [-0.25, -0.2) is 4.39 Å². The molecule has 4 nitrogen and oxygen atoms in total. The Morgan fingerprint density at radius 1 is 1.42 bits per heavy atom. The first-order chi connectivity index (χ1) is 9.06. The summed E-state index contributed by atoms with van der Waals surface area (Å²) in [6, 6.07) is 4.53. The zero-order valence-corrected chi connectivity index (χ0v) is 11.3. The van der Waals surface area contributed by atoms with E-state index >= 15 is 0 Å². The minimum atomic E-state index is -0.316. The maximum absolute atomic E-state index is 13.3. The van der Waals surface area contributed by atoms with Crippen molar-refractivity contribution in [3.63, 3.8) is 0 Å². The number of hydrogen-bond acceptors (Lipinski definition) is 3. The molecular formula is C14H20FN3O. The Hall–Kier alpha value is -1.62. The average Bonchev–Trinajstić information content (AvgIpc) is 2.85. The first-order valence-corrected chi connectivity index (χ1v) is 6.64. The second-order valence-electron chi connectivity index (χ2n) is 5.17. The molecule has 1 aliphatic rings. The van der Waals surface area contributed by atoms with Crippen LogP contribution in [0.3, 0.4) is 0 Å². The number of amides is 1. The van der Waals surface area contributed by atoms with Crippen LogP contribution in [-0.2, 0) is 4.79 Å². The van der Waals surface area contributed by atoms with E-state index in [-0.39, 0.29) is 23.7 Å². The number of anilines is 2. The highest BCUT2D eigenvalue weighted by Crippen LogP contribution is 2.24. The monoisotopic (exact) mass is 265 g/mol. The van der Waals surface area contributed by atoms with Gasteiger partial charge in [-0.15, -0.1) is 0 Å². The molecule has 0 bridgehead atoms. The number of halogens is 1. The van der Waals surface area contributed by atoms with Crippen molar-refractivity contribution < 1.29 is 9.18 Å². The second-order valence-corrected chi connectivity index (χ2v) is 5.17. The fourth-order valence-corrected chi connectivity index (χ4v) is 2.17. The Labute approximate surface area is 112 Å². The van der Waals surface area contributed by atoms with Gasteiger partial charge in [0.15, 0.2) is 0 Å². The number of rotatable bonds is 4. The SMILES string of the molecule is CC(C)Nc1cc(F)ccc1NC(=O)C1CCNC1. The summed E-state index contributed by atoms with van der Waals surface area (Å²) in [6.45, 7) is 5.52. The van der Waals surface area contributed by atoms with E-state index in [0.717, 1.165) is 13.0 Å². The van der Waals surface area contributed by atoms with Crippen molar-refractivity contribution in [1.29, 1.82) is 0 Å². The summed E-state index contributed by atoms with van der Waals surface area (Å²) in [7, 11) is 0. The molecule has 1 aromatic rings. The van der Waals surface area contributed by atoms with Crippen molar-refractivity contribution in [3.05, 3.63) is 24.0 Å². The first kappa shape index (κ1) is 13.8. The molecule has 1 amide bonds. The van der Waals surface area contributed by atoms with E-state index in [9.17, 15) is 9.18 Å². The Morgan fingerprint density at radius 2 is 2.21 bits per heavy atom.